The highest BCUT2D eigenvalue weighted by Crippen LogP contribution is 2.20. The molecule has 0 N–H and O–H groups in total. The van der Waals surface area contributed by atoms with E-state index >= 15 is 0 Å². The zero-order valence-electron chi connectivity index (χ0n) is 38.3. The molecule has 0 aromatic heterocycles. The lowest BCUT2D eigenvalue weighted by Gasteiger charge is -2.18. The second-order valence-corrected chi connectivity index (χ2v) is 11.1. The molecule has 0 saturated carbocycles. The van der Waals surface area contributed by atoms with Crippen LogP contribution >= 0.6 is 0 Å². The number of anilines is 2. The molecule has 0 unspecified atom stereocenters. The van der Waals surface area contributed by atoms with Gasteiger partial charge in [0.1, 0.15) is 0 Å². The predicted octanol–water partition coefficient (Wildman–Crippen LogP) is 15.3. The quantitative estimate of drug-likeness (QED) is 0.154. The second kappa shape index (κ2) is 35.7. The number of benzene rings is 6. The van der Waals surface area contributed by atoms with Crippen LogP contribution < -0.4 is 9.80 Å². The molecule has 0 bridgehead atoms. The average molecular weight is 783 g/mol. The van der Waals surface area contributed by atoms with Gasteiger partial charge in [0, 0.05) is 36.6 Å². The summed E-state index contributed by atoms with van der Waals surface area (Å²) in [5.74, 6) is 0.00794. The van der Waals surface area contributed by atoms with Crippen LogP contribution in [-0.2, 0) is 12.8 Å². The van der Waals surface area contributed by atoms with Crippen LogP contribution in [0.5, 0.6) is 0 Å². The first-order valence-electron chi connectivity index (χ1n) is 21.4. The maximum absolute atomic E-state index is 12.7. The minimum atomic E-state index is 0.00228. The monoisotopic (exact) mass is 783 g/mol. The van der Waals surface area contributed by atoms with E-state index in [1.165, 1.54) is 16.7 Å². The van der Waals surface area contributed by atoms with Crippen molar-refractivity contribution in [2.24, 2.45) is 0 Å². The lowest BCUT2D eigenvalue weighted by molar-refractivity contribution is 0.0985. The number of hydrogen-bond donors (Lipinski definition) is 0. The first-order valence-corrected chi connectivity index (χ1v) is 21.4. The molecule has 4 nitrogen and oxygen atoms in total. The molecule has 0 aliphatic heterocycles. The molecule has 4 heteroatoms. The Kier molecular flexibility index (Phi) is 33.4. The van der Waals surface area contributed by atoms with Gasteiger partial charge in [0.25, 0.3) is 11.8 Å². The summed E-state index contributed by atoms with van der Waals surface area (Å²) in [6, 6.07) is 55.7. The summed E-state index contributed by atoms with van der Waals surface area (Å²) in [6.07, 6.45) is 1.69. The molecule has 0 aliphatic rings. The van der Waals surface area contributed by atoms with Crippen molar-refractivity contribution in [3.05, 3.63) is 203 Å². The summed E-state index contributed by atoms with van der Waals surface area (Å²) >= 11 is 0. The van der Waals surface area contributed by atoms with E-state index in [9.17, 15) is 9.59 Å². The Hall–Kier alpha value is -5.74. The summed E-state index contributed by atoms with van der Waals surface area (Å²) in [5.41, 5.74) is 8.06. The molecule has 6 rings (SSSR count). The highest BCUT2D eigenvalue weighted by atomic mass is 16.2. The fraction of sp³-hybridized carbons (Fsp3) is 0.296. The van der Waals surface area contributed by atoms with Crippen LogP contribution in [0.15, 0.2) is 170 Å². The molecule has 6 aromatic rings. The molecular formula is C54H74N2O2. The smallest absolute Gasteiger partial charge is 0.258 e. The van der Waals surface area contributed by atoms with Crippen LogP contribution in [0.25, 0.3) is 0 Å². The van der Waals surface area contributed by atoms with Crippen molar-refractivity contribution in [2.75, 3.05) is 23.9 Å². The molecule has 0 radical (unpaired) electrons. The van der Waals surface area contributed by atoms with Crippen molar-refractivity contribution < 1.29 is 9.59 Å². The summed E-state index contributed by atoms with van der Waals surface area (Å²) in [6.45, 7) is 24.0. The molecule has 58 heavy (non-hydrogen) atoms. The van der Waals surface area contributed by atoms with E-state index in [-0.39, 0.29) is 11.8 Å². The molecule has 2 amide bonds. The van der Waals surface area contributed by atoms with Crippen LogP contribution in [0, 0.1) is 0 Å². The summed E-state index contributed by atoms with van der Waals surface area (Å²) < 4.78 is 0. The largest absolute Gasteiger partial charge is 0.311 e. The Morgan fingerprint density at radius 2 is 0.621 bits per heavy atom. The van der Waals surface area contributed by atoms with Gasteiger partial charge in [-0.15, -0.1) is 0 Å². The molecule has 0 atom stereocenters. The Morgan fingerprint density at radius 3 is 1.07 bits per heavy atom. The van der Waals surface area contributed by atoms with Gasteiger partial charge < -0.3 is 9.80 Å². The lowest BCUT2D eigenvalue weighted by atomic mass is 10.0. The van der Waals surface area contributed by atoms with E-state index < -0.39 is 0 Å². The average Bonchev–Trinajstić information content (AvgIpc) is 3.33. The predicted molar refractivity (Wildman–Crippen MR) is 258 cm³/mol. The van der Waals surface area contributed by atoms with Gasteiger partial charge >= 0.3 is 0 Å². The summed E-state index contributed by atoms with van der Waals surface area (Å²) in [4.78, 5) is 28.6. The van der Waals surface area contributed by atoms with Gasteiger partial charge in [-0.1, -0.05) is 204 Å². The first-order chi connectivity index (χ1) is 28.5. The minimum absolute atomic E-state index is 0.00228. The second-order valence-electron chi connectivity index (χ2n) is 11.1. The van der Waals surface area contributed by atoms with Gasteiger partial charge in [0.2, 0.25) is 0 Å². The lowest BCUT2D eigenvalue weighted by Crippen LogP contribution is -2.26. The van der Waals surface area contributed by atoms with E-state index in [0.717, 1.165) is 29.8 Å². The number of carbonyl (C=O) groups excluding carboxylic acids is 2. The SMILES string of the molecule is CC.CC.CC.CC.CC.CC.CN(C(=O)c1cccc(Cc2ccccc2)c1)c1ccccc1.CN(C(=O)c1ccccc1)c1cccc(Cc2ccccc2)c1. The van der Waals surface area contributed by atoms with Crippen molar-refractivity contribution in [3.63, 3.8) is 0 Å². The highest BCUT2D eigenvalue weighted by molar-refractivity contribution is 6.06. The van der Waals surface area contributed by atoms with Crippen LogP contribution in [0.1, 0.15) is 126 Å². The van der Waals surface area contributed by atoms with Crippen molar-refractivity contribution in [1.29, 1.82) is 0 Å². The van der Waals surface area contributed by atoms with E-state index in [1.54, 1.807) is 9.80 Å². The van der Waals surface area contributed by atoms with Gasteiger partial charge in [-0.2, -0.15) is 0 Å². The van der Waals surface area contributed by atoms with Gasteiger partial charge in [-0.25, -0.2) is 0 Å². The fourth-order valence-electron chi connectivity index (χ4n) is 5.21. The van der Waals surface area contributed by atoms with Gasteiger partial charge in [-0.05, 0) is 83.6 Å². The topological polar surface area (TPSA) is 40.6 Å². The van der Waals surface area contributed by atoms with Gasteiger partial charge in [0.15, 0.2) is 0 Å². The van der Waals surface area contributed by atoms with Crippen molar-refractivity contribution in [3.8, 4) is 0 Å². The van der Waals surface area contributed by atoms with Crippen LogP contribution in [0.3, 0.4) is 0 Å². The number of amides is 2. The normalized spacial score (nSPS) is 8.79. The Bertz CT molecular complexity index is 1840. The van der Waals surface area contributed by atoms with Crippen LogP contribution in [0.2, 0.25) is 0 Å². The van der Waals surface area contributed by atoms with E-state index in [0.29, 0.717) is 11.1 Å². The number of carbonyl (C=O) groups is 2. The molecule has 0 fully saturated rings. The molecule has 0 heterocycles. The maximum Gasteiger partial charge on any atom is 0.258 e. The Balaban J connectivity index is 0. The van der Waals surface area contributed by atoms with Gasteiger partial charge in [0.05, 0.1) is 0 Å². The molecular weight excluding hydrogens is 709 g/mol. The summed E-state index contributed by atoms with van der Waals surface area (Å²) in [5, 5.41) is 0. The maximum atomic E-state index is 12.7. The van der Waals surface area contributed by atoms with Crippen molar-refractivity contribution >= 4 is 23.2 Å². The van der Waals surface area contributed by atoms with E-state index in [2.05, 4.69) is 42.5 Å². The molecule has 6 aromatic carbocycles. The first kappa shape index (κ1) is 54.4. The number of nitrogens with zero attached hydrogens (tertiary/aromatic N) is 2. The third-order valence-corrected chi connectivity index (χ3v) is 7.75. The molecule has 0 spiro atoms. The fourth-order valence-corrected chi connectivity index (χ4v) is 5.21. The van der Waals surface area contributed by atoms with Crippen LogP contribution in [-0.4, -0.2) is 25.9 Å². The van der Waals surface area contributed by atoms with Gasteiger partial charge in [-0.3, -0.25) is 9.59 Å². The highest BCUT2D eigenvalue weighted by Gasteiger charge is 2.14. The van der Waals surface area contributed by atoms with Crippen molar-refractivity contribution in [1.82, 2.24) is 0 Å². The number of hydrogen-bond acceptors (Lipinski definition) is 2. The number of rotatable bonds is 8. The van der Waals surface area contributed by atoms with Crippen molar-refractivity contribution in [2.45, 2.75) is 95.9 Å². The summed E-state index contributed by atoms with van der Waals surface area (Å²) in [7, 11) is 3.62. The molecule has 312 valence electrons. The molecule has 0 aliphatic carbocycles. The van der Waals surface area contributed by atoms with Crippen LogP contribution in [0.4, 0.5) is 11.4 Å². The van der Waals surface area contributed by atoms with E-state index in [4.69, 9.17) is 0 Å². The van der Waals surface area contributed by atoms with E-state index in [1.807, 2.05) is 225 Å². The third-order valence-electron chi connectivity index (χ3n) is 7.75. The number of para-hydroxylation sites is 1. The third kappa shape index (κ3) is 19.9. The zero-order chi connectivity index (χ0) is 44.1. The minimum Gasteiger partial charge on any atom is -0.311 e. The Labute approximate surface area is 354 Å². The Morgan fingerprint density at radius 1 is 0.328 bits per heavy atom. The molecule has 0 saturated heterocycles. The standard InChI is InChI=1S/2C21H19NO.6C2H6/c1-22(20-13-6-3-7-14-20)21(23)19-12-8-11-18(16-19)15-17-9-4-2-5-10-17;1-22(21(23)19-12-6-3-7-13-19)20-14-8-11-18(16-20)15-17-9-4-2-5-10-17;6*1-2/h2*2-14,16H,15H2,1H3;6*1-2H3. The zero-order valence-corrected chi connectivity index (χ0v) is 38.3.